The molecule has 1 atom stereocenters. The number of esters is 2. The van der Waals surface area contributed by atoms with Crippen molar-refractivity contribution in [3.05, 3.63) is 23.8 Å². The minimum absolute atomic E-state index is 0.0815. The van der Waals surface area contributed by atoms with Gasteiger partial charge in [-0.05, 0) is 25.2 Å². The van der Waals surface area contributed by atoms with Crippen molar-refractivity contribution in [1.29, 1.82) is 0 Å². The van der Waals surface area contributed by atoms with Crippen LogP contribution in [-0.2, 0) is 23.9 Å². The Kier molecular flexibility index (Phi) is 5.96. The molecule has 1 rings (SSSR count). The Bertz CT molecular complexity index is 449. The van der Waals surface area contributed by atoms with E-state index in [9.17, 15) is 14.4 Å². The van der Waals surface area contributed by atoms with Gasteiger partial charge in [-0.15, -0.1) is 0 Å². The average molecular weight is 282 g/mol. The van der Waals surface area contributed by atoms with E-state index in [1.807, 2.05) is 0 Å². The fraction of sp³-hybridized carbons (Fsp3) is 0.500. The number of carbonyl (C=O) groups excluding carboxylic acids is 2. The Labute approximate surface area is 117 Å². The van der Waals surface area contributed by atoms with Crippen LogP contribution in [0.25, 0.3) is 0 Å². The molecule has 0 bridgehead atoms. The summed E-state index contributed by atoms with van der Waals surface area (Å²) >= 11 is 0. The molecule has 0 saturated heterocycles. The fourth-order valence-corrected chi connectivity index (χ4v) is 2.14. The topological polar surface area (TPSA) is 89.9 Å². The zero-order chi connectivity index (χ0) is 15.1. The van der Waals surface area contributed by atoms with Crippen LogP contribution in [0.1, 0.15) is 26.2 Å². The molecular formula is C14H18O6. The second-order valence-corrected chi connectivity index (χ2v) is 4.50. The molecule has 0 saturated carbocycles. The first-order valence-corrected chi connectivity index (χ1v) is 6.40. The molecular weight excluding hydrogens is 264 g/mol. The predicted molar refractivity (Wildman–Crippen MR) is 69.8 cm³/mol. The van der Waals surface area contributed by atoms with E-state index in [1.165, 1.54) is 0 Å². The maximum atomic E-state index is 11.9. The molecule has 0 aliphatic heterocycles. The number of carbonyl (C=O) groups is 3. The van der Waals surface area contributed by atoms with E-state index < -0.39 is 17.9 Å². The summed E-state index contributed by atoms with van der Waals surface area (Å²) in [4.78, 5) is 33.8. The molecule has 0 spiro atoms. The molecule has 110 valence electrons. The molecule has 0 heterocycles. The lowest BCUT2D eigenvalue weighted by Crippen LogP contribution is -2.23. The van der Waals surface area contributed by atoms with Gasteiger partial charge in [-0.2, -0.15) is 0 Å². The highest BCUT2D eigenvalue weighted by molar-refractivity contribution is 6.00. The first kappa shape index (κ1) is 15.9. The second kappa shape index (κ2) is 7.47. The van der Waals surface area contributed by atoms with Crippen molar-refractivity contribution in [2.45, 2.75) is 26.2 Å². The Morgan fingerprint density at radius 1 is 1.35 bits per heavy atom. The van der Waals surface area contributed by atoms with E-state index in [-0.39, 0.29) is 30.3 Å². The van der Waals surface area contributed by atoms with Crippen LogP contribution in [0.15, 0.2) is 23.8 Å². The van der Waals surface area contributed by atoms with Crippen LogP contribution >= 0.6 is 0 Å². The smallest absolute Gasteiger partial charge is 0.334 e. The zero-order valence-corrected chi connectivity index (χ0v) is 11.4. The number of hydrogen-bond donors (Lipinski definition) is 1. The van der Waals surface area contributed by atoms with Gasteiger partial charge in [0.1, 0.15) is 13.2 Å². The molecule has 0 radical (unpaired) electrons. The van der Waals surface area contributed by atoms with Gasteiger partial charge < -0.3 is 14.6 Å². The molecule has 1 aliphatic carbocycles. The predicted octanol–water partition coefficient (Wildman–Crippen LogP) is 1.46. The lowest BCUT2D eigenvalue weighted by Gasteiger charge is -2.22. The van der Waals surface area contributed by atoms with Gasteiger partial charge >= 0.3 is 17.9 Å². The number of carboxylic acids is 1. The van der Waals surface area contributed by atoms with E-state index in [4.69, 9.17) is 9.84 Å². The van der Waals surface area contributed by atoms with Gasteiger partial charge in [-0.3, -0.25) is 0 Å². The molecule has 1 N–H and O–H groups in total. The summed E-state index contributed by atoms with van der Waals surface area (Å²) in [6.45, 7) is 4.82. The van der Waals surface area contributed by atoms with Gasteiger partial charge in [0.25, 0.3) is 0 Å². The highest BCUT2D eigenvalue weighted by atomic mass is 16.6. The van der Waals surface area contributed by atoms with Gasteiger partial charge in [0.15, 0.2) is 0 Å². The summed E-state index contributed by atoms with van der Waals surface area (Å²) < 4.78 is 9.59. The summed E-state index contributed by atoms with van der Waals surface area (Å²) in [7, 11) is 0. The lowest BCUT2D eigenvalue weighted by molar-refractivity contribution is -0.147. The number of ether oxygens (including phenoxy) is 2. The van der Waals surface area contributed by atoms with Gasteiger partial charge in [0.2, 0.25) is 0 Å². The molecule has 0 aromatic carbocycles. The Morgan fingerprint density at radius 2 is 2.00 bits per heavy atom. The van der Waals surface area contributed by atoms with Crippen molar-refractivity contribution < 1.29 is 29.0 Å². The molecule has 0 fully saturated rings. The highest BCUT2D eigenvalue weighted by Gasteiger charge is 2.29. The third-order valence-corrected chi connectivity index (χ3v) is 3.09. The number of aliphatic carboxylic acids is 1. The van der Waals surface area contributed by atoms with Crippen molar-refractivity contribution in [3.8, 4) is 0 Å². The maximum Gasteiger partial charge on any atom is 0.334 e. The number of rotatable bonds is 6. The largest absolute Gasteiger partial charge is 0.478 e. The fourth-order valence-electron chi connectivity index (χ4n) is 2.14. The molecule has 0 amide bonds. The first-order chi connectivity index (χ1) is 9.47. The van der Waals surface area contributed by atoms with E-state index in [0.29, 0.717) is 6.42 Å². The van der Waals surface area contributed by atoms with E-state index in [0.717, 1.165) is 18.9 Å². The molecule has 1 aliphatic rings. The number of carboxylic acid groups (broad SMARTS) is 1. The van der Waals surface area contributed by atoms with Gasteiger partial charge in [-0.1, -0.05) is 13.5 Å². The van der Waals surface area contributed by atoms with Gasteiger partial charge in [-0.25, -0.2) is 14.4 Å². The van der Waals surface area contributed by atoms with Crippen LogP contribution in [0.4, 0.5) is 0 Å². The van der Waals surface area contributed by atoms with Crippen molar-refractivity contribution in [3.63, 3.8) is 0 Å². The van der Waals surface area contributed by atoms with Crippen LogP contribution in [0, 0.1) is 5.92 Å². The second-order valence-electron chi connectivity index (χ2n) is 4.50. The lowest BCUT2D eigenvalue weighted by atomic mass is 9.84. The first-order valence-electron chi connectivity index (χ1n) is 6.40. The summed E-state index contributed by atoms with van der Waals surface area (Å²) in [6.07, 6.45) is 2.91. The molecule has 6 heteroatoms. The number of hydrogen-bond acceptors (Lipinski definition) is 5. The minimum Gasteiger partial charge on any atom is -0.478 e. The molecule has 1 unspecified atom stereocenters. The Hall–Kier alpha value is -2.11. The van der Waals surface area contributed by atoms with Crippen LogP contribution in [-0.4, -0.2) is 36.2 Å². The monoisotopic (exact) mass is 282 g/mol. The van der Waals surface area contributed by atoms with Gasteiger partial charge in [0, 0.05) is 11.6 Å². The Morgan fingerprint density at radius 3 is 2.60 bits per heavy atom. The van der Waals surface area contributed by atoms with Crippen LogP contribution in [0.3, 0.4) is 0 Å². The van der Waals surface area contributed by atoms with Gasteiger partial charge in [0.05, 0.1) is 5.57 Å². The third kappa shape index (κ3) is 4.22. The highest BCUT2D eigenvalue weighted by Crippen LogP contribution is 2.30. The molecule has 20 heavy (non-hydrogen) atoms. The van der Waals surface area contributed by atoms with Crippen LogP contribution < -0.4 is 0 Å². The van der Waals surface area contributed by atoms with E-state index in [1.54, 1.807) is 6.92 Å². The van der Waals surface area contributed by atoms with E-state index in [2.05, 4.69) is 11.3 Å². The van der Waals surface area contributed by atoms with E-state index >= 15 is 0 Å². The molecule has 0 aromatic heterocycles. The zero-order valence-electron chi connectivity index (χ0n) is 11.4. The third-order valence-electron chi connectivity index (χ3n) is 3.09. The summed E-state index contributed by atoms with van der Waals surface area (Å²) in [5.41, 5.74) is 0.343. The molecule has 0 aromatic rings. The normalized spacial score (nSPS) is 18.4. The van der Waals surface area contributed by atoms with Crippen LogP contribution in [0.5, 0.6) is 0 Å². The maximum absolute atomic E-state index is 11.9. The quantitative estimate of drug-likeness (QED) is 0.450. The van der Waals surface area contributed by atoms with Crippen molar-refractivity contribution in [1.82, 2.24) is 0 Å². The average Bonchev–Trinajstić information content (AvgIpc) is 2.42. The molecule has 6 nitrogen and oxygen atoms in total. The summed E-state index contributed by atoms with van der Waals surface area (Å²) in [6, 6.07) is 0. The van der Waals surface area contributed by atoms with Crippen molar-refractivity contribution >= 4 is 17.9 Å². The van der Waals surface area contributed by atoms with Crippen molar-refractivity contribution in [2.24, 2.45) is 5.92 Å². The summed E-state index contributed by atoms with van der Waals surface area (Å²) in [5.74, 6) is -2.49. The Balaban J connectivity index is 2.60. The summed E-state index contributed by atoms with van der Waals surface area (Å²) in [5, 5.41) is 9.16. The van der Waals surface area contributed by atoms with Crippen molar-refractivity contribution in [2.75, 3.05) is 13.2 Å². The van der Waals surface area contributed by atoms with Crippen LogP contribution in [0.2, 0.25) is 0 Å². The SMILES string of the molecule is C=CC(=O)OCCOC(=O)C1=C(C(=O)O)C(C)CCC1. The minimum atomic E-state index is -1.08. The standard InChI is InChI=1S/C14H18O6/c1-3-11(15)19-7-8-20-14(18)10-6-4-5-9(2)12(10)13(16)17/h3,9H,1,4-8H2,2H3,(H,16,17).